The van der Waals surface area contributed by atoms with Crippen LogP contribution in [-0.2, 0) is 6.42 Å². The van der Waals surface area contributed by atoms with E-state index in [4.69, 9.17) is 4.74 Å². The van der Waals surface area contributed by atoms with Crippen molar-refractivity contribution in [2.75, 3.05) is 6.61 Å². The van der Waals surface area contributed by atoms with Crippen LogP contribution in [0.3, 0.4) is 0 Å². The van der Waals surface area contributed by atoms with Gasteiger partial charge < -0.3 is 4.74 Å². The Bertz CT molecular complexity index is 570. The minimum absolute atomic E-state index is 0.490. The third-order valence-corrected chi connectivity index (χ3v) is 3.03. The van der Waals surface area contributed by atoms with Crippen LogP contribution >= 0.6 is 15.9 Å². The van der Waals surface area contributed by atoms with Gasteiger partial charge in [-0.05, 0) is 34.0 Å². The Balaban J connectivity index is 1.92. The monoisotopic (exact) mass is 332 g/mol. The van der Waals surface area contributed by atoms with Crippen LogP contribution < -0.4 is 4.74 Å². The summed E-state index contributed by atoms with van der Waals surface area (Å²) in [6, 6.07) is 11.9. The summed E-state index contributed by atoms with van der Waals surface area (Å²) >= 11 is 3.38. The maximum absolute atomic E-state index is 5.63. The van der Waals surface area contributed by atoms with Crippen molar-refractivity contribution >= 4 is 22.0 Å². The lowest BCUT2D eigenvalue weighted by molar-refractivity contribution is 0.346. The second-order valence-electron chi connectivity index (χ2n) is 4.32. The Morgan fingerprint density at radius 1 is 1.20 bits per heavy atom. The summed E-state index contributed by atoms with van der Waals surface area (Å²) in [5.74, 6) is 1.41. The van der Waals surface area contributed by atoms with Crippen LogP contribution in [0.25, 0.3) is 6.08 Å². The van der Waals surface area contributed by atoms with Gasteiger partial charge in [-0.15, -0.1) is 0 Å². The van der Waals surface area contributed by atoms with Crippen LogP contribution in [0.1, 0.15) is 24.7 Å². The Morgan fingerprint density at radius 2 is 2.00 bits per heavy atom. The second kappa shape index (κ2) is 7.80. The van der Waals surface area contributed by atoms with E-state index in [0.717, 1.165) is 28.8 Å². The van der Waals surface area contributed by atoms with Crippen molar-refractivity contribution in [3.8, 4) is 5.88 Å². The van der Waals surface area contributed by atoms with Gasteiger partial charge in [-0.25, -0.2) is 4.98 Å². The summed E-state index contributed by atoms with van der Waals surface area (Å²) in [5.41, 5.74) is 1.16. The molecule has 1 aromatic carbocycles. The number of aromatic nitrogens is 2. The quantitative estimate of drug-likeness (QED) is 0.740. The van der Waals surface area contributed by atoms with E-state index >= 15 is 0 Å². The second-order valence-corrected chi connectivity index (χ2v) is 5.13. The molecule has 1 aromatic heterocycles. The number of hydrogen-bond donors (Lipinski definition) is 0. The highest BCUT2D eigenvalue weighted by Crippen LogP contribution is 2.15. The molecule has 2 rings (SSSR count). The molecule has 104 valence electrons. The molecular formula is C16H17BrN2O. The number of ether oxygens (including phenoxy) is 1. The normalized spacial score (nSPS) is 10.9. The predicted octanol–water partition coefficient (Wildman–Crippen LogP) is 4.28. The molecule has 2 aromatic rings. The maximum Gasteiger partial charge on any atom is 0.218 e. The van der Waals surface area contributed by atoms with Gasteiger partial charge in [0.25, 0.3) is 0 Å². The standard InChI is InChI=1S/C16H17BrN2O/c1-2-7-15-18-14(17)12-16(19-15)20-11-6-10-13-8-4-3-5-9-13/h3-6,8-10,12H,2,7,11H2,1H3/b10-6+. The number of nitrogens with zero attached hydrogens (tertiary/aromatic N) is 2. The van der Waals surface area contributed by atoms with Crippen LogP contribution in [0.5, 0.6) is 5.88 Å². The molecule has 0 bridgehead atoms. The first-order valence-electron chi connectivity index (χ1n) is 6.66. The van der Waals surface area contributed by atoms with Gasteiger partial charge in [0.15, 0.2) is 0 Å². The van der Waals surface area contributed by atoms with Crippen LogP contribution in [-0.4, -0.2) is 16.6 Å². The highest BCUT2D eigenvalue weighted by molar-refractivity contribution is 9.10. The van der Waals surface area contributed by atoms with Gasteiger partial charge in [0.05, 0.1) is 0 Å². The molecule has 0 aliphatic heterocycles. The number of benzene rings is 1. The highest BCUT2D eigenvalue weighted by Gasteiger charge is 2.02. The van der Waals surface area contributed by atoms with Gasteiger partial charge in [-0.3, -0.25) is 0 Å². The van der Waals surface area contributed by atoms with Crippen LogP contribution in [0.4, 0.5) is 0 Å². The molecule has 0 saturated carbocycles. The van der Waals surface area contributed by atoms with Gasteiger partial charge in [0.1, 0.15) is 17.0 Å². The fraction of sp³-hybridized carbons (Fsp3) is 0.250. The SMILES string of the molecule is CCCc1nc(Br)cc(OC/C=C/c2ccccc2)n1. The van der Waals surface area contributed by atoms with Crippen molar-refractivity contribution in [1.29, 1.82) is 0 Å². The fourth-order valence-electron chi connectivity index (χ4n) is 1.73. The zero-order valence-corrected chi connectivity index (χ0v) is 13.0. The minimum Gasteiger partial charge on any atom is -0.473 e. The van der Waals surface area contributed by atoms with E-state index in [-0.39, 0.29) is 0 Å². The van der Waals surface area contributed by atoms with E-state index in [2.05, 4.69) is 45.0 Å². The molecule has 0 saturated heterocycles. The first-order chi connectivity index (χ1) is 9.78. The summed E-state index contributed by atoms with van der Waals surface area (Å²) in [6.07, 6.45) is 5.88. The number of hydrogen-bond acceptors (Lipinski definition) is 3. The van der Waals surface area contributed by atoms with Crippen molar-refractivity contribution in [3.63, 3.8) is 0 Å². The fourth-order valence-corrected chi connectivity index (χ4v) is 2.13. The predicted molar refractivity (Wildman–Crippen MR) is 84.7 cm³/mol. The van der Waals surface area contributed by atoms with E-state index < -0.39 is 0 Å². The molecule has 4 heteroatoms. The lowest BCUT2D eigenvalue weighted by Gasteiger charge is -2.05. The van der Waals surface area contributed by atoms with Crippen LogP contribution in [0.15, 0.2) is 47.1 Å². The van der Waals surface area contributed by atoms with E-state index in [0.29, 0.717) is 12.5 Å². The van der Waals surface area contributed by atoms with E-state index in [1.54, 1.807) is 6.07 Å². The average molecular weight is 333 g/mol. The summed E-state index contributed by atoms with van der Waals surface area (Å²) in [5, 5.41) is 0. The van der Waals surface area contributed by atoms with Gasteiger partial charge in [-0.1, -0.05) is 43.3 Å². The Morgan fingerprint density at radius 3 is 2.75 bits per heavy atom. The van der Waals surface area contributed by atoms with Crippen LogP contribution in [0.2, 0.25) is 0 Å². The molecule has 0 aliphatic rings. The molecule has 3 nitrogen and oxygen atoms in total. The van der Waals surface area contributed by atoms with Gasteiger partial charge >= 0.3 is 0 Å². The van der Waals surface area contributed by atoms with Crippen molar-refractivity contribution in [1.82, 2.24) is 9.97 Å². The van der Waals surface area contributed by atoms with Crippen molar-refractivity contribution < 1.29 is 4.74 Å². The Kier molecular flexibility index (Phi) is 5.74. The average Bonchev–Trinajstić information content (AvgIpc) is 2.45. The van der Waals surface area contributed by atoms with Gasteiger partial charge in [-0.2, -0.15) is 4.98 Å². The first-order valence-corrected chi connectivity index (χ1v) is 7.45. The minimum atomic E-state index is 0.490. The number of halogens is 1. The number of rotatable bonds is 6. The van der Waals surface area contributed by atoms with Gasteiger partial charge in [0.2, 0.25) is 5.88 Å². The largest absolute Gasteiger partial charge is 0.473 e. The number of aryl methyl sites for hydroxylation is 1. The molecule has 0 aliphatic carbocycles. The molecule has 1 heterocycles. The van der Waals surface area contributed by atoms with Crippen molar-refractivity contribution in [2.45, 2.75) is 19.8 Å². The Labute approximate surface area is 127 Å². The lowest BCUT2D eigenvalue weighted by atomic mass is 10.2. The molecule has 20 heavy (non-hydrogen) atoms. The molecular weight excluding hydrogens is 316 g/mol. The highest BCUT2D eigenvalue weighted by atomic mass is 79.9. The molecule has 0 N–H and O–H groups in total. The summed E-state index contributed by atoms with van der Waals surface area (Å²) < 4.78 is 6.39. The molecule has 0 radical (unpaired) electrons. The maximum atomic E-state index is 5.63. The lowest BCUT2D eigenvalue weighted by Crippen LogP contribution is -2.01. The summed E-state index contributed by atoms with van der Waals surface area (Å²) in [7, 11) is 0. The Hall–Kier alpha value is -1.68. The van der Waals surface area contributed by atoms with Crippen molar-refractivity contribution in [2.24, 2.45) is 0 Å². The third kappa shape index (κ3) is 4.78. The third-order valence-electron chi connectivity index (χ3n) is 2.63. The zero-order chi connectivity index (χ0) is 14.2. The van der Waals surface area contributed by atoms with E-state index in [1.807, 2.05) is 30.4 Å². The topological polar surface area (TPSA) is 35.0 Å². The molecule has 0 spiro atoms. The summed E-state index contributed by atoms with van der Waals surface area (Å²) in [4.78, 5) is 8.68. The molecule has 0 fully saturated rings. The van der Waals surface area contributed by atoms with E-state index in [9.17, 15) is 0 Å². The zero-order valence-electron chi connectivity index (χ0n) is 11.4. The smallest absolute Gasteiger partial charge is 0.218 e. The van der Waals surface area contributed by atoms with Crippen LogP contribution in [0, 0.1) is 0 Å². The summed E-state index contributed by atoms with van der Waals surface area (Å²) in [6.45, 7) is 2.59. The molecule has 0 atom stereocenters. The molecule has 0 amide bonds. The van der Waals surface area contributed by atoms with E-state index in [1.165, 1.54) is 0 Å². The first kappa shape index (κ1) is 14.7. The molecule has 0 unspecified atom stereocenters. The van der Waals surface area contributed by atoms with Gasteiger partial charge in [0, 0.05) is 12.5 Å². The van der Waals surface area contributed by atoms with Crippen molar-refractivity contribution in [3.05, 3.63) is 58.5 Å².